The summed E-state index contributed by atoms with van der Waals surface area (Å²) in [4.78, 5) is 36.4. The largest absolute Gasteiger partial charge is 0.493 e. The molecule has 2 rings (SSSR count). The minimum Gasteiger partial charge on any atom is -0.493 e. The number of hydrogen-bond acceptors (Lipinski definition) is 6. The second-order valence-electron chi connectivity index (χ2n) is 6.48. The molecule has 0 heterocycles. The normalized spacial score (nSPS) is 11.3. The van der Waals surface area contributed by atoms with E-state index in [0.29, 0.717) is 22.7 Å². The van der Waals surface area contributed by atoms with Crippen LogP contribution in [0.3, 0.4) is 0 Å². The molecule has 1 atom stereocenters. The lowest BCUT2D eigenvalue weighted by Gasteiger charge is -2.15. The lowest BCUT2D eigenvalue weighted by Crippen LogP contribution is -2.30. The van der Waals surface area contributed by atoms with Crippen LogP contribution >= 0.6 is 0 Å². The van der Waals surface area contributed by atoms with E-state index in [4.69, 9.17) is 14.2 Å². The monoisotopic (exact) mass is 399 g/mol. The van der Waals surface area contributed by atoms with Gasteiger partial charge in [-0.3, -0.25) is 14.4 Å². The summed E-state index contributed by atoms with van der Waals surface area (Å²) in [5, 5.41) is 2.65. The molecule has 29 heavy (non-hydrogen) atoms. The highest BCUT2D eigenvalue weighted by molar-refractivity contribution is 5.98. The molecular formula is C22H25NO6. The second kappa shape index (κ2) is 10.3. The number of ether oxygens (including phenoxy) is 3. The van der Waals surface area contributed by atoms with Gasteiger partial charge in [0.15, 0.2) is 23.4 Å². The molecule has 0 saturated carbocycles. The van der Waals surface area contributed by atoms with E-state index in [1.807, 2.05) is 19.1 Å². The highest BCUT2D eigenvalue weighted by Gasteiger charge is 2.19. The quantitative estimate of drug-likeness (QED) is 0.512. The van der Waals surface area contributed by atoms with Crippen LogP contribution in [0.5, 0.6) is 11.5 Å². The molecule has 2 aromatic rings. The number of carbonyl (C=O) groups is 3. The first-order chi connectivity index (χ1) is 13.8. The molecule has 0 aliphatic heterocycles. The van der Waals surface area contributed by atoms with Gasteiger partial charge in [0, 0.05) is 23.7 Å². The summed E-state index contributed by atoms with van der Waals surface area (Å²) in [7, 11) is 3.01. The molecule has 0 radical (unpaired) electrons. The van der Waals surface area contributed by atoms with Crippen molar-refractivity contribution in [3.8, 4) is 11.5 Å². The van der Waals surface area contributed by atoms with Crippen molar-refractivity contribution in [1.82, 2.24) is 0 Å². The zero-order chi connectivity index (χ0) is 21.4. The zero-order valence-electron chi connectivity index (χ0n) is 17.0. The third kappa shape index (κ3) is 6.34. The lowest BCUT2D eigenvalue weighted by atomic mass is 10.1. The van der Waals surface area contributed by atoms with Crippen LogP contribution in [0.2, 0.25) is 0 Å². The fraction of sp³-hybridized carbons (Fsp3) is 0.318. The minimum atomic E-state index is -1.01. The smallest absolute Gasteiger partial charge is 0.307 e. The Balaban J connectivity index is 1.84. The van der Waals surface area contributed by atoms with Crippen LogP contribution in [0, 0.1) is 6.92 Å². The first-order valence-corrected chi connectivity index (χ1v) is 9.16. The number of carbonyl (C=O) groups excluding carboxylic acids is 3. The molecule has 0 spiro atoms. The fourth-order valence-corrected chi connectivity index (χ4v) is 2.57. The number of benzene rings is 2. The summed E-state index contributed by atoms with van der Waals surface area (Å²) in [6.07, 6.45) is -1.09. The molecule has 0 unspecified atom stereocenters. The van der Waals surface area contributed by atoms with E-state index in [1.54, 1.807) is 30.3 Å². The number of hydrogen-bond donors (Lipinski definition) is 1. The van der Waals surface area contributed by atoms with Gasteiger partial charge in [-0.05, 0) is 26.0 Å². The van der Waals surface area contributed by atoms with Crippen LogP contribution in [0.4, 0.5) is 5.69 Å². The predicted molar refractivity (Wildman–Crippen MR) is 108 cm³/mol. The summed E-state index contributed by atoms with van der Waals surface area (Å²) in [6.45, 7) is 3.40. The maximum Gasteiger partial charge on any atom is 0.307 e. The molecule has 0 aromatic heterocycles. The summed E-state index contributed by atoms with van der Waals surface area (Å²) in [5.41, 5.74) is 2.07. The second-order valence-corrected chi connectivity index (χ2v) is 6.48. The van der Waals surface area contributed by atoms with Gasteiger partial charge >= 0.3 is 5.97 Å². The summed E-state index contributed by atoms with van der Waals surface area (Å²) >= 11 is 0. The Morgan fingerprint density at radius 2 is 1.59 bits per heavy atom. The number of methoxy groups -OCH3 is 2. The molecule has 154 valence electrons. The van der Waals surface area contributed by atoms with Crippen molar-refractivity contribution in [3.63, 3.8) is 0 Å². The van der Waals surface area contributed by atoms with E-state index in [0.717, 1.165) is 5.56 Å². The number of anilines is 1. The van der Waals surface area contributed by atoms with Gasteiger partial charge in [-0.1, -0.05) is 29.8 Å². The molecule has 0 saturated heterocycles. The molecule has 1 N–H and O–H groups in total. The molecular weight excluding hydrogens is 374 g/mol. The van der Waals surface area contributed by atoms with E-state index in [2.05, 4.69) is 5.32 Å². The van der Waals surface area contributed by atoms with Gasteiger partial charge in [0.2, 0.25) is 0 Å². The van der Waals surface area contributed by atoms with Gasteiger partial charge in [0.25, 0.3) is 5.91 Å². The standard InChI is InChI=1S/C22H25NO6/c1-14-5-7-16(8-6-14)18(24)10-12-21(25)29-15(2)22(26)23-17-9-11-19(27-3)20(13-17)28-4/h5-9,11,13,15H,10,12H2,1-4H3,(H,23,26)/t15-/m0/s1. The van der Waals surface area contributed by atoms with Crippen LogP contribution in [-0.4, -0.2) is 38.0 Å². The third-order valence-electron chi connectivity index (χ3n) is 4.26. The summed E-state index contributed by atoms with van der Waals surface area (Å²) < 4.78 is 15.5. The highest BCUT2D eigenvalue weighted by Crippen LogP contribution is 2.29. The number of ketones is 1. The van der Waals surface area contributed by atoms with Gasteiger partial charge in [-0.25, -0.2) is 0 Å². The van der Waals surface area contributed by atoms with Crippen molar-refractivity contribution in [2.75, 3.05) is 19.5 Å². The van der Waals surface area contributed by atoms with Crippen molar-refractivity contribution in [1.29, 1.82) is 0 Å². The van der Waals surface area contributed by atoms with E-state index in [1.165, 1.54) is 21.1 Å². The number of rotatable bonds is 9. The molecule has 0 bridgehead atoms. The van der Waals surface area contributed by atoms with Crippen LogP contribution in [0.1, 0.15) is 35.7 Å². The van der Waals surface area contributed by atoms with Gasteiger partial charge in [0.05, 0.1) is 20.6 Å². The molecule has 2 aromatic carbocycles. The fourth-order valence-electron chi connectivity index (χ4n) is 2.57. The van der Waals surface area contributed by atoms with E-state index >= 15 is 0 Å². The zero-order valence-corrected chi connectivity index (χ0v) is 17.0. The van der Waals surface area contributed by atoms with Crippen molar-refractivity contribution in [2.45, 2.75) is 32.8 Å². The Labute approximate surface area is 170 Å². The van der Waals surface area contributed by atoms with E-state index < -0.39 is 18.0 Å². The van der Waals surface area contributed by atoms with Crippen molar-refractivity contribution in [2.24, 2.45) is 0 Å². The average Bonchev–Trinajstić information content (AvgIpc) is 2.72. The van der Waals surface area contributed by atoms with Crippen LogP contribution < -0.4 is 14.8 Å². The number of aryl methyl sites for hydroxylation is 1. The Morgan fingerprint density at radius 1 is 0.931 bits per heavy atom. The number of esters is 1. The Morgan fingerprint density at radius 3 is 2.21 bits per heavy atom. The van der Waals surface area contributed by atoms with Gasteiger partial charge in [-0.2, -0.15) is 0 Å². The van der Waals surface area contributed by atoms with Gasteiger partial charge in [0.1, 0.15) is 0 Å². The van der Waals surface area contributed by atoms with Crippen LogP contribution in [0.15, 0.2) is 42.5 Å². The minimum absolute atomic E-state index is 0.0198. The van der Waals surface area contributed by atoms with E-state index in [9.17, 15) is 14.4 Å². The van der Waals surface area contributed by atoms with Gasteiger partial charge < -0.3 is 19.5 Å². The van der Waals surface area contributed by atoms with E-state index in [-0.39, 0.29) is 18.6 Å². The SMILES string of the molecule is COc1ccc(NC(=O)[C@H](C)OC(=O)CCC(=O)c2ccc(C)cc2)cc1OC. The third-order valence-corrected chi connectivity index (χ3v) is 4.26. The Bertz CT molecular complexity index is 875. The number of nitrogens with one attached hydrogen (secondary N) is 1. The average molecular weight is 399 g/mol. The molecule has 7 heteroatoms. The topological polar surface area (TPSA) is 90.9 Å². The number of Topliss-reactive ketones (excluding diaryl/α,β-unsaturated/α-hetero) is 1. The summed E-state index contributed by atoms with van der Waals surface area (Å²) in [6, 6.07) is 12.0. The molecule has 0 aliphatic rings. The van der Waals surface area contributed by atoms with Gasteiger partial charge in [-0.15, -0.1) is 0 Å². The van der Waals surface area contributed by atoms with Crippen LogP contribution in [0.25, 0.3) is 0 Å². The van der Waals surface area contributed by atoms with Crippen LogP contribution in [-0.2, 0) is 14.3 Å². The first kappa shape index (κ1) is 21.9. The molecule has 7 nitrogen and oxygen atoms in total. The first-order valence-electron chi connectivity index (χ1n) is 9.16. The molecule has 0 fully saturated rings. The molecule has 0 aliphatic carbocycles. The van der Waals surface area contributed by atoms with Crippen molar-refractivity contribution < 1.29 is 28.6 Å². The maximum atomic E-state index is 12.3. The molecule has 1 amide bonds. The highest BCUT2D eigenvalue weighted by atomic mass is 16.5. The van der Waals surface area contributed by atoms with Crippen molar-refractivity contribution in [3.05, 3.63) is 53.6 Å². The Hall–Kier alpha value is -3.35. The number of amides is 1. The summed E-state index contributed by atoms with van der Waals surface area (Å²) in [5.74, 6) is -0.256. The van der Waals surface area contributed by atoms with Crippen molar-refractivity contribution >= 4 is 23.3 Å². The lowest BCUT2D eigenvalue weighted by molar-refractivity contribution is -0.153. The maximum absolute atomic E-state index is 12.3. The Kier molecular flexibility index (Phi) is 7.77. The predicted octanol–water partition coefficient (Wildman–Crippen LogP) is 3.55.